The predicted molar refractivity (Wildman–Crippen MR) is 155 cm³/mol. The van der Waals surface area contributed by atoms with Gasteiger partial charge in [-0.15, -0.1) is 0 Å². The van der Waals surface area contributed by atoms with E-state index in [0.29, 0.717) is 65.6 Å². The number of nitrogens with two attached hydrogens (primary N) is 1. The van der Waals surface area contributed by atoms with E-state index in [2.05, 4.69) is 15.6 Å². The number of fused-ring (bicyclic) bond motifs is 1. The Bertz CT molecular complexity index is 1050. The van der Waals surface area contributed by atoms with Gasteiger partial charge in [0.25, 0.3) is 0 Å². The van der Waals surface area contributed by atoms with Gasteiger partial charge in [-0.3, -0.25) is 19.6 Å². The lowest BCUT2D eigenvalue weighted by atomic mass is 9.92. The van der Waals surface area contributed by atoms with Crippen LogP contribution in [0, 0.1) is 11.8 Å². The second kappa shape index (κ2) is 19.9. The number of aromatic nitrogens is 1. The van der Waals surface area contributed by atoms with Crippen LogP contribution in [0.1, 0.15) is 45.1 Å². The van der Waals surface area contributed by atoms with Crippen LogP contribution in [-0.2, 0) is 35.0 Å². The van der Waals surface area contributed by atoms with E-state index in [9.17, 15) is 14.4 Å². The normalized spacial score (nSPS) is 12.8. The molecule has 230 valence electrons. The number of amides is 3. The molecule has 0 saturated carbocycles. The first-order chi connectivity index (χ1) is 19.8. The fourth-order valence-electron chi connectivity index (χ4n) is 4.38. The molecule has 0 radical (unpaired) electrons. The minimum absolute atomic E-state index is 0.137. The van der Waals surface area contributed by atoms with Crippen molar-refractivity contribution in [2.45, 2.75) is 52.0 Å². The van der Waals surface area contributed by atoms with Crippen molar-refractivity contribution in [1.29, 1.82) is 0 Å². The molecule has 0 unspecified atom stereocenters. The Kier molecular flexibility index (Phi) is 16.6. The first kappa shape index (κ1) is 34.2. The minimum atomic E-state index is -0.852. The number of para-hydroxylation sites is 1. The molecule has 0 bridgehead atoms. The van der Waals surface area contributed by atoms with Gasteiger partial charge in [0, 0.05) is 55.6 Å². The molecule has 2 atom stereocenters. The van der Waals surface area contributed by atoms with Crippen molar-refractivity contribution in [1.82, 2.24) is 21.1 Å². The molecule has 1 heterocycles. The quantitative estimate of drug-likeness (QED) is 0.0695. The number of ether oxygens (including phenoxy) is 3. The van der Waals surface area contributed by atoms with Gasteiger partial charge in [0.05, 0.1) is 26.4 Å². The number of H-pyrrole nitrogens is 1. The van der Waals surface area contributed by atoms with Crippen LogP contribution in [0.25, 0.3) is 10.9 Å². The highest BCUT2D eigenvalue weighted by atomic mass is 16.5. The van der Waals surface area contributed by atoms with Gasteiger partial charge in [0.15, 0.2) is 0 Å². The molecule has 1 aromatic heterocycles. The smallest absolute Gasteiger partial charge is 0.244 e. The van der Waals surface area contributed by atoms with Crippen LogP contribution < -0.4 is 21.8 Å². The second-order valence-electron chi connectivity index (χ2n) is 10.3. The van der Waals surface area contributed by atoms with Crippen molar-refractivity contribution in [2.75, 3.05) is 52.7 Å². The standard InChI is InChI=1S/C29H47N5O7/c1-21(2)17-22(19-27(35)34-38)28(36)33-26(18-23-20-32-25-8-4-3-7-24(23)25)29(37)31-10-6-12-40-14-16-41-15-13-39-11-5-9-30/h3-4,7-8,20-22,26,32,38H,5-6,9-19,30H2,1-2H3,(H,31,37)(H,33,36)(H,34,35)/t22-,26+/m1/s1. The Morgan fingerprint density at radius 1 is 0.951 bits per heavy atom. The maximum absolute atomic E-state index is 13.2. The van der Waals surface area contributed by atoms with Crippen LogP contribution in [-0.4, -0.2) is 86.7 Å². The molecule has 12 heteroatoms. The van der Waals surface area contributed by atoms with Gasteiger partial charge in [-0.1, -0.05) is 32.0 Å². The van der Waals surface area contributed by atoms with Gasteiger partial charge in [-0.25, -0.2) is 5.48 Å². The molecule has 41 heavy (non-hydrogen) atoms. The molecule has 2 rings (SSSR count). The number of hydrogen-bond acceptors (Lipinski definition) is 8. The maximum Gasteiger partial charge on any atom is 0.244 e. The Morgan fingerprint density at radius 3 is 2.27 bits per heavy atom. The lowest BCUT2D eigenvalue weighted by molar-refractivity contribution is -0.136. The van der Waals surface area contributed by atoms with E-state index in [0.717, 1.165) is 22.9 Å². The second-order valence-corrected chi connectivity index (χ2v) is 10.3. The number of carbonyl (C=O) groups excluding carboxylic acids is 3. The molecule has 12 nitrogen and oxygen atoms in total. The summed E-state index contributed by atoms with van der Waals surface area (Å²) < 4.78 is 16.4. The van der Waals surface area contributed by atoms with E-state index in [1.807, 2.05) is 44.3 Å². The molecule has 0 aliphatic rings. The van der Waals surface area contributed by atoms with E-state index in [4.69, 9.17) is 25.2 Å². The molecule has 0 aliphatic heterocycles. The molecule has 0 spiro atoms. The molecular weight excluding hydrogens is 530 g/mol. The first-order valence-electron chi connectivity index (χ1n) is 14.3. The number of hydrogen-bond donors (Lipinski definition) is 6. The van der Waals surface area contributed by atoms with Crippen molar-refractivity contribution in [2.24, 2.45) is 17.6 Å². The highest BCUT2D eigenvalue weighted by Gasteiger charge is 2.28. The SMILES string of the molecule is CC(C)C[C@H](CC(=O)NO)C(=O)N[C@@H](Cc1c[nH]c2ccccc12)C(=O)NCCCOCCOCCOCCCN. The van der Waals surface area contributed by atoms with Crippen LogP contribution in [0.15, 0.2) is 30.5 Å². The number of rotatable bonds is 22. The number of carbonyl (C=O) groups is 3. The van der Waals surface area contributed by atoms with Crippen molar-refractivity contribution >= 4 is 28.6 Å². The lowest BCUT2D eigenvalue weighted by Gasteiger charge is -2.23. The topological polar surface area (TPSA) is 177 Å². The molecule has 0 aliphatic carbocycles. The molecule has 0 fully saturated rings. The van der Waals surface area contributed by atoms with Crippen LogP contribution >= 0.6 is 0 Å². The zero-order valence-electron chi connectivity index (χ0n) is 24.3. The van der Waals surface area contributed by atoms with Crippen molar-refractivity contribution in [3.63, 3.8) is 0 Å². The van der Waals surface area contributed by atoms with E-state index in [-0.39, 0.29) is 24.7 Å². The van der Waals surface area contributed by atoms with Gasteiger partial charge in [-0.2, -0.15) is 0 Å². The summed E-state index contributed by atoms with van der Waals surface area (Å²) in [5.74, 6) is -1.93. The number of nitrogens with one attached hydrogen (secondary N) is 4. The molecular formula is C29H47N5O7. The number of benzene rings is 1. The van der Waals surface area contributed by atoms with Gasteiger partial charge in [0.1, 0.15) is 6.04 Å². The summed E-state index contributed by atoms with van der Waals surface area (Å²) in [4.78, 5) is 41.5. The average Bonchev–Trinajstić information content (AvgIpc) is 3.37. The first-order valence-corrected chi connectivity index (χ1v) is 14.3. The Balaban J connectivity index is 1.87. The summed E-state index contributed by atoms with van der Waals surface area (Å²) in [5.41, 5.74) is 8.83. The molecule has 1 aromatic carbocycles. The average molecular weight is 578 g/mol. The van der Waals surface area contributed by atoms with Crippen molar-refractivity contribution in [3.05, 3.63) is 36.0 Å². The summed E-state index contributed by atoms with van der Waals surface area (Å²) in [5, 5.41) is 15.7. The molecule has 7 N–H and O–H groups in total. The summed E-state index contributed by atoms with van der Waals surface area (Å²) in [7, 11) is 0. The van der Waals surface area contributed by atoms with Crippen molar-refractivity contribution < 1.29 is 33.8 Å². The maximum atomic E-state index is 13.2. The summed E-state index contributed by atoms with van der Waals surface area (Å²) >= 11 is 0. The van der Waals surface area contributed by atoms with Gasteiger partial charge >= 0.3 is 0 Å². The summed E-state index contributed by atoms with van der Waals surface area (Å²) in [6.45, 7) is 7.87. The zero-order chi connectivity index (χ0) is 29.9. The predicted octanol–water partition coefficient (Wildman–Crippen LogP) is 1.66. The fraction of sp³-hybridized carbons (Fsp3) is 0.621. The van der Waals surface area contributed by atoms with Crippen LogP contribution in [0.4, 0.5) is 0 Å². The lowest BCUT2D eigenvalue weighted by Crippen LogP contribution is -2.50. The number of aromatic amines is 1. The summed E-state index contributed by atoms with van der Waals surface area (Å²) in [6, 6.07) is 6.89. The third-order valence-electron chi connectivity index (χ3n) is 6.42. The van der Waals surface area contributed by atoms with Gasteiger partial charge < -0.3 is 35.6 Å². The monoisotopic (exact) mass is 577 g/mol. The molecule has 0 saturated heterocycles. The fourth-order valence-corrected chi connectivity index (χ4v) is 4.38. The third-order valence-corrected chi connectivity index (χ3v) is 6.42. The van der Waals surface area contributed by atoms with Gasteiger partial charge in [-0.05, 0) is 43.4 Å². The Morgan fingerprint density at radius 2 is 1.61 bits per heavy atom. The van der Waals surface area contributed by atoms with E-state index in [1.165, 1.54) is 0 Å². The van der Waals surface area contributed by atoms with Crippen LogP contribution in [0.5, 0.6) is 0 Å². The van der Waals surface area contributed by atoms with Crippen LogP contribution in [0.3, 0.4) is 0 Å². The van der Waals surface area contributed by atoms with Gasteiger partial charge in [0.2, 0.25) is 17.7 Å². The van der Waals surface area contributed by atoms with E-state index < -0.39 is 23.8 Å². The highest BCUT2D eigenvalue weighted by molar-refractivity contribution is 5.91. The highest BCUT2D eigenvalue weighted by Crippen LogP contribution is 2.20. The zero-order valence-corrected chi connectivity index (χ0v) is 24.3. The summed E-state index contributed by atoms with van der Waals surface area (Å²) in [6.07, 6.45) is 3.79. The van der Waals surface area contributed by atoms with E-state index in [1.54, 1.807) is 5.48 Å². The molecule has 3 amide bonds. The minimum Gasteiger partial charge on any atom is -0.379 e. The largest absolute Gasteiger partial charge is 0.379 e. The number of hydroxylamine groups is 1. The van der Waals surface area contributed by atoms with Crippen molar-refractivity contribution in [3.8, 4) is 0 Å². The molecule has 2 aromatic rings. The third kappa shape index (κ3) is 13.5. The Hall–Kier alpha value is -3.03. The van der Waals surface area contributed by atoms with Crippen LogP contribution in [0.2, 0.25) is 0 Å². The van der Waals surface area contributed by atoms with E-state index >= 15 is 0 Å². The Labute approximate surface area is 242 Å².